The van der Waals surface area contributed by atoms with Gasteiger partial charge >= 0.3 is 18.0 Å². The van der Waals surface area contributed by atoms with Gasteiger partial charge in [0.25, 0.3) is 0 Å². The van der Waals surface area contributed by atoms with Crippen molar-refractivity contribution in [3.63, 3.8) is 0 Å². The number of methoxy groups -OCH3 is 1. The van der Waals surface area contributed by atoms with E-state index in [4.69, 9.17) is 5.11 Å². The van der Waals surface area contributed by atoms with Crippen molar-refractivity contribution in [2.24, 2.45) is 5.92 Å². The van der Waals surface area contributed by atoms with E-state index >= 15 is 0 Å². The number of amides is 2. The van der Waals surface area contributed by atoms with Crippen LogP contribution in [0.5, 0.6) is 0 Å². The van der Waals surface area contributed by atoms with Crippen LogP contribution in [0.3, 0.4) is 0 Å². The normalized spacial score (nSPS) is 23.3. The first-order valence-corrected chi connectivity index (χ1v) is 6.88. The number of β-amino-alcohol motifs (C(OH)–C–C–N with tert-alkyl or cyclic N) is 1. The average molecular weight is 302 g/mol. The van der Waals surface area contributed by atoms with Gasteiger partial charge in [0.15, 0.2) is 0 Å². The maximum atomic E-state index is 12.0. The Bertz CT molecular complexity index is 400. The third-order valence-corrected chi connectivity index (χ3v) is 3.67. The molecule has 0 saturated carbocycles. The second-order valence-corrected chi connectivity index (χ2v) is 5.23. The molecule has 0 spiro atoms. The number of rotatable bonds is 5. The molecule has 2 amide bonds. The Balaban J connectivity index is 2.52. The van der Waals surface area contributed by atoms with Gasteiger partial charge in [0, 0.05) is 19.5 Å². The first-order valence-electron chi connectivity index (χ1n) is 6.88. The Labute approximate surface area is 123 Å². The van der Waals surface area contributed by atoms with E-state index in [1.807, 2.05) is 6.92 Å². The lowest BCUT2D eigenvalue weighted by atomic mass is 9.96. The number of likely N-dealkylation sites (tertiary alicyclic amines) is 1. The highest BCUT2D eigenvalue weighted by Crippen LogP contribution is 2.17. The Morgan fingerprint density at radius 1 is 1.43 bits per heavy atom. The van der Waals surface area contributed by atoms with E-state index in [-0.39, 0.29) is 25.3 Å². The SMILES string of the molecule is COC(=O)CC[C@@H](NC(=O)N1CCC(C)C(O)C1)C(=O)O. The molecule has 1 aliphatic heterocycles. The number of esters is 1. The first-order chi connectivity index (χ1) is 9.85. The predicted molar refractivity (Wildman–Crippen MR) is 72.6 cm³/mol. The van der Waals surface area contributed by atoms with E-state index < -0.39 is 30.1 Å². The molecule has 1 fully saturated rings. The molecule has 0 aliphatic carbocycles. The van der Waals surface area contributed by atoms with Gasteiger partial charge in [-0.1, -0.05) is 6.92 Å². The number of aliphatic carboxylic acids is 1. The summed E-state index contributed by atoms with van der Waals surface area (Å²) in [5.41, 5.74) is 0. The summed E-state index contributed by atoms with van der Waals surface area (Å²) >= 11 is 0. The van der Waals surface area contributed by atoms with Gasteiger partial charge in [-0.05, 0) is 18.8 Å². The molecular formula is C13H22N2O6. The van der Waals surface area contributed by atoms with Gasteiger partial charge in [-0.3, -0.25) is 4.79 Å². The summed E-state index contributed by atoms with van der Waals surface area (Å²) < 4.78 is 4.44. The minimum Gasteiger partial charge on any atom is -0.480 e. The van der Waals surface area contributed by atoms with Crippen LogP contribution in [0.4, 0.5) is 4.79 Å². The van der Waals surface area contributed by atoms with Crippen molar-refractivity contribution in [2.45, 2.75) is 38.3 Å². The molecule has 3 N–H and O–H groups in total. The fraction of sp³-hybridized carbons (Fsp3) is 0.769. The molecule has 1 saturated heterocycles. The van der Waals surface area contributed by atoms with Crippen molar-refractivity contribution in [1.29, 1.82) is 0 Å². The molecule has 0 aromatic rings. The number of carboxylic acid groups (broad SMARTS) is 1. The fourth-order valence-electron chi connectivity index (χ4n) is 2.10. The largest absolute Gasteiger partial charge is 0.480 e. The van der Waals surface area contributed by atoms with Crippen LogP contribution in [-0.4, -0.2) is 65.4 Å². The molecule has 2 unspecified atom stereocenters. The molecule has 0 aromatic carbocycles. The van der Waals surface area contributed by atoms with Crippen molar-refractivity contribution in [3.8, 4) is 0 Å². The number of carboxylic acids is 1. The van der Waals surface area contributed by atoms with Crippen molar-refractivity contribution in [1.82, 2.24) is 10.2 Å². The van der Waals surface area contributed by atoms with E-state index in [0.29, 0.717) is 13.0 Å². The number of carbonyl (C=O) groups excluding carboxylic acids is 2. The highest BCUT2D eigenvalue weighted by molar-refractivity contribution is 5.83. The van der Waals surface area contributed by atoms with Gasteiger partial charge in [0.1, 0.15) is 6.04 Å². The summed E-state index contributed by atoms with van der Waals surface area (Å²) in [6.07, 6.45) is -0.0783. The summed E-state index contributed by atoms with van der Waals surface area (Å²) in [4.78, 5) is 35.5. The molecular weight excluding hydrogens is 280 g/mol. The first kappa shape index (κ1) is 17.2. The van der Waals surface area contributed by atoms with Crippen molar-refractivity contribution >= 4 is 18.0 Å². The highest BCUT2D eigenvalue weighted by Gasteiger charge is 2.29. The number of hydrogen-bond donors (Lipinski definition) is 3. The summed E-state index contributed by atoms with van der Waals surface area (Å²) in [6.45, 7) is 2.54. The lowest BCUT2D eigenvalue weighted by molar-refractivity contribution is -0.142. The summed E-state index contributed by atoms with van der Waals surface area (Å²) in [5.74, 6) is -1.63. The van der Waals surface area contributed by atoms with E-state index in [9.17, 15) is 19.5 Å². The molecule has 8 nitrogen and oxygen atoms in total. The number of ether oxygens (including phenoxy) is 1. The summed E-state index contributed by atoms with van der Waals surface area (Å²) in [5, 5.41) is 21.2. The van der Waals surface area contributed by atoms with Crippen LogP contribution in [0, 0.1) is 5.92 Å². The zero-order valence-electron chi connectivity index (χ0n) is 12.2. The molecule has 1 rings (SSSR count). The quantitative estimate of drug-likeness (QED) is 0.606. The van der Waals surface area contributed by atoms with Crippen LogP contribution in [-0.2, 0) is 14.3 Å². The number of urea groups is 1. The molecule has 0 radical (unpaired) electrons. The number of carbonyl (C=O) groups is 3. The van der Waals surface area contributed by atoms with Gasteiger partial charge in [-0.2, -0.15) is 0 Å². The zero-order valence-corrected chi connectivity index (χ0v) is 12.2. The lowest BCUT2D eigenvalue weighted by Crippen LogP contribution is -2.53. The van der Waals surface area contributed by atoms with Gasteiger partial charge in [-0.15, -0.1) is 0 Å². The zero-order chi connectivity index (χ0) is 16.0. The van der Waals surface area contributed by atoms with Crippen molar-refractivity contribution in [2.75, 3.05) is 20.2 Å². The van der Waals surface area contributed by atoms with Gasteiger partial charge in [-0.25, -0.2) is 9.59 Å². The van der Waals surface area contributed by atoms with E-state index in [1.165, 1.54) is 12.0 Å². The minimum absolute atomic E-state index is 0.0411. The maximum absolute atomic E-state index is 12.0. The number of hydrogen-bond acceptors (Lipinski definition) is 5. The smallest absolute Gasteiger partial charge is 0.326 e. The molecule has 3 atom stereocenters. The molecule has 0 bridgehead atoms. The number of aliphatic hydroxyl groups excluding tert-OH is 1. The van der Waals surface area contributed by atoms with Crippen LogP contribution in [0.25, 0.3) is 0 Å². The predicted octanol–water partition coefficient (Wildman–Crippen LogP) is -0.195. The standard InChI is InChI=1S/C13H22N2O6/c1-8-5-6-15(7-10(8)16)13(20)14-9(12(18)19)3-4-11(17)21-2/h8-10,16H,3-7H2,1-2H3,(H,14,20)(H,18,19)/t8?,9-,10?/m1/s1. The third-order valence-electron chi connectivity index (χ3n) is 3.67. The summed E-state index contributed by atoms with van der Waals surface area (Å²) in [6, 6.07) is -1.70. The van der Waals surface area contributed by atoms with Crippen LogP contribution >= 0.6 is 0 Å². The molecule has 0 aromatic heterocycles. The van der Waals surface area contributed by atoms with E-state index in [1.54, 1.807) is 0 Å². The van der Waals surface area contributed by atoms with Crippen LogP contribution in [0.2, 0.25) is 0 Å². The second-order valence-electron chi connectivity index (χ2n) is 5.23. The Hall–Kier alpha value is -1.83. The Morgan fingerprint density at radius 3 is 2.62 bits per heavy atom. The monoisotopic (exact) mass is 302 g/mol. The van der Waals surface area contributed by atoms with Crippen LogP contribution in [0.1, 0.15) is 26.2 Å². The van der Waals surface area contributed by atoms with E-state index in [0.717, 1.165) is 0 Å². The number of aliphatic hydroxyl groups is 1. The highest BCUT2D eigenvalue weighted by atomic mass is 16.5. The minimum atomic E-state index is -1.21. The fourth-order valence-corrected chi connectivity index (χ4v) is 2.10. The number of piperidine rings is 1. The molecule has 21 heavy (non-hydrogen) atoms. The Morgan fingerprint density at radius 2 is 2.10 bits per heavy atom. The van der Waals surface area contributed by atoms with Crippen LogP contribution in [0.15, 0.2) is 0 Å². The topological polar surface area (TPSA) is 116 Å². The molecule has 8 heteroatoms. The second kappa shape index (κ2) is 7.82. The average Bonchev–Trinajstić information content (AvgIpc) is 2.45. The number of nitrogens with zero attached hydrogens (tertiary/aromatic N) is 1. The van der Waals surface area contributed by atoms with Crippen molar-refractivity contribution in [3.05, 3.63) is 0 Å². The summed E-state index contributed by atoms with van der Waals surface area (Å²) in [7, 11) is 1.22. The maximum Gasteiger partial charge on any atom is 0.326 e. The van der Waals surface area contributed by atoms with E-state index in [2.05, 4.69) is 10.1 Å². The van der Waals surface area contributed by atoms with Gasteiger partial charge in [0.2, 0.25) is 0 Å². The molecule has 120 valence electrons. The van der Waals surface area contributed by atoms with Gasteiger partial charge < -0.3 is 25.2 Å². The van der Waals surface area contributed by atoms with Crippen molar-refractivity contribution < 1.29 is 29.3 Å². The third kappa shape index (κ3) is 5.22. The molecule has 1 aliphatic rings. The molecule has 1 heterocycles. The lowest BCUT2D eigenvalue weighted by Gasteiger charge is -2.34. The Kier molecular flexibility index (Phi) is 6.41. The van der Waals surface area contributed by atoms with Crippen LogP contribution < -0.4 is 5.32 Å². The van der Waals surface area contributed by atoms with Gasteiger partial charge in [0.05, 0.1) is 13.2 Å². The number of nitrogens with one attached hydrogen (secondary N) is 1.